The average molecular weight is 388 g/mol. The maximum Gasteiger partial charge on any atom is 0.331 e. The van der Waals surface area contributed by atoms with Crippen LogP contribution in [0.3, 0.4) is 0 Å². The molecule has 1 heterocycles. The number of nitro benzene ring substituents is 1. The summed E-state index contributed by atoms with van der Waals surface area (Å²) in [7, 11) is 0. The van der Waals surface area contributed by atoms with E-state index < -0.39 is 29.2 Å². The molecular weight excluding hydrogens is 375 g/mol. The van der Waals surface area contributed by atoms with E-state index in [1.807, 2.05) is 0 Å². The molecule has 28 heavy (non-hydrogen) atoms. The molecule has 3 rings (SSSR count). The molecule has 0 saturated heterocycles. The Hall–Kier alpha value is -3.95. The first-order valence-corrected chi connectivity index (χ1v) is 7.91. The Morgan fingerprint density at radius 1 is 1.25 bits per heavy atom. The van der Waals surface area contributed by atoms with Crippen LogP contribution < -0.4 is 14.8 Å². The minimum Gasteiger partial charge on any atom is -0.454 e. The summed E-state index contributed by atoms with van der Waals surface area (Å²) < 4.78 is 28.4. The van der Waals surface area contributed by atoms with E-state index >= 15 is 0 Å². The standard InChI is InChI=1S/C18H13FN2O7/c19-12-3-1-2-4-13(12)20-17(22)9-26-18(23)6-5-11-7-15-16(28-10-27-15)8-14(11)21(24)25/h1-8H,9-10H2,(H,20,22)/b6-5+. The number of anilines is 1. The first kappa shape index (κ1) is 18.8. The summed E-state index contributed by atoms with van der Waals surface area (Å²) in [5, 5.41) is 13.4. The number of carbonyl (C=O) groups is 2. The number of nitro groups is 1. The summed E-state index contributed by atoms with van der Waals surface area (Å²) >= 11 is 0. The van der Waals surface area contributed by atoms with E-state index in [2.05, 4.69) is 5.32 Å². The van der Waals surface area contributed by atoms with Crippen LogP contribution in [0.1, 0.15) is 5.56 Å². The van der Waals surface area contributed by atoms with Crippen LogP contribution in [0.4, 0.5) is 15.8 Å². The summed E-state index contributed by atoms with van der Waals surface area (Å²) in [6, 6.07) is 8.07. The second-order valence-corrected chi connectivity index (χ2v) is 5.49. The molecule has 0 spiro atoms. The third-order valence-corrected chi connectivity index (χ3v) is 3.61. The van der Waals surface area contributed by atoms with Crippen molar-refractivity contribution in [3.63, 3.8) is 0 Å². The van der Waals surface area contributed by atoms with E-state index in [4.69, 9.17) is 14.2 Å². The normalized spacial score (nSPS) is 12.0. The Morgan fingerprint density at radius 3 is 2.68 bits per heavy atom. The van der Waals surface area contributed by atoms with Gasteiger partial charge in [0.2, 0.25) is 6.79 Å². The average Bonchev–Trinajstić information content (AvgIpc) is 3.13. The van der Waals surface area contributed by atoms with Gasteiger partial charge in [0.15, 0.2) is 18.1 Å². The molecule has 0 unspecified atom stereocenters. The molecule has 1 N–H and O–H groups in total. The zero-order chi connectivity index (χ0) is 20.1. The molecule has 0 radical (unpaired) electrons. The van der Waals surface area contributed by atoms with Crippen molar-refractivity contribution in [2.75, 3.05) is 18.7 Å². The fourth-order valence-corrected chi connectivity index (χ4v) is 2.33. The number of carbonyl (C=O) groups excluding carboxylic acids is 2. The molecule has 0 bridgehead atoms. The maximum atomic E-state index is 13.4. The second kappa shape index (κ2) is 8.16. The SMILES string of the molecule is O=C(COC(=O)/C=C/c1cc2c(cc1[N+](=O)[O-])OCO2)Nc1ccccc1F. The van der Waals surface area contributed by atoms with Crippen LogP contribution in [-0.4, -0.2) is 30.2 Å². The summed E-state index contributed by atoms with van der Waals surface area (Å²) in [6.45, 7) is -0.709. The van der Waals surface area contributed by atoms with Gasteiger partial charge >= 0.3 is 5.97 Å². The number of benzene rings is 2. The quantitative estimate of drug-likeness (QED) is 0.350. The van der Waals surface area contributed by atoms with Gasteiger partial charge in [-0.25, -0.2) is 9.18 Å². The molecule has 0 atom stereocenters. The van der Waals surface area contributed by atoms with Crippen LogP contribution in [-0.2, 0) is 14.3 Å². The Labute approximate surface area is 157 Å². The summed E-state index contributed by atoms with van der Waals surface area (Å²) in [5.74, 6) is -1.73. The van der Waals surface area contributed by atoms with Crippen molar-refractivity contribution in [3.8, 4) is 11.5 Å². The molecule has 1 amide bonds. The van der Waals surface area contributed by atoms with Crippen LogP contribution in [0, 0.1) is 15.9 Å². The summed E-state index contributed by atoms with van der Waals surface area (Å²) in [4.78, 5) is 34.0. The van der Waals surface area contributed by atoms with Crippen molar-refractivity contribution >= 4 is 29.3 Å². The number of hydrogen-bond donors (Lipinski definition) is 1. The van der Waals surface area contributed by atoms with Crippen molar-refractivity contribution in [1.29, 1.82) is 0 Å². The van der Waals surface area contributed by atoms with Crippen LogP contribution in [0.2, 0.25) is 0 Å². The largest absolute Gasteiger partial charge is 0.454 e. The van der Waals surface area contributed by atoms with Crippen LogP contribution in [0.15, 0.2) is 42.5 Å². The lowest BCUT2D eigenvalue weighted by molar-refractivity contribution is -0.385. The van der Waals surface area contributed by atoms with Gasteiger partial charge in [0.1, 0.15) is 5.82 Å². The topological polar surface area (TPSA) is 117 Å². The number of amides is 1. The third-order valence-electron chi connectivity index (χ3n) is 3.61. The lowest BCUT2D eigenvalue weighted by Gasteiger charge is -2.06. The predicted molar refractivity (Wildman–Crippen MR) is 94.2 cm³/mol. The van der Waals surface area contributed by atoms with Gasteiger partial charge in [-0.15, -0.1) is 0 Å². The molecule has 9 nitrogen and oxygen atoms in total. The first-order chi connectivity index (χ1) is 13.4. The molecular formula is C18H13FN2O7. The highest BCUT2D eigenvalue weighted by Gasteiger charge is 2.22. The molecule has 144 valence electrons. The zero-order valence-electron chi connectivity index (χ0n) is 14.2. The molecule has 0 aromatic heterocycles. The number of esters is 1. The number of para-hydroxylation sites is 1. The minimum atomic E-state index is -0.907. The van der Waals surface area contributed by atoms with Crippen LogP contribution in [0.5, 0.6) is 11.5 Å². The Balaban J connectivity index is 1.60. The van der Waals surface area contributed by atoms with Gasteiger partial charge < -0.3 is 19.5 Å². The third kappa shape index (κ3) is 4.41. The highest BCUT2D eigenvalue weighted by Crippen LogP contribution is 2.38. The second-order valence-electron chi connectivity index (χ2n) is 5.49. The van der Waals surface area contributed by atoms with Crippen molar-refractivity contribution in [2.24, 2.45) is 0 Å². The van der Waals surface area contributed by atoms with E-state index in [-0.39, 0.29) is 29.5 Å². The lowest BCUT2D eigenvalue weighted by Crippen LogP contribution is -2.20. The highest BCUT2D eigenvalue weighted by atomic mass is 19.1. The molecule has 1 aliphatic heterocycles. The van der Waals surface area contributed by atoms with E-state index in [9.17, 15) is 24.1 Å². The molecule has 0 fully saturated rings. The van der Waals surface area contributed by atoms with Crippen LogP contribution >= 0.6 is 0 Å². The number of nitrogens with zero attached hydrogens (tertiary/aromatic N) is 1. The number of ether oxygens (including phenoxy) is 3. The fraction of sp³-hybridized carbons (Fsp3) is 0.111. The summed E-state index contributed by atoms with van der Waals surface area (Å²) in [5.41, 5.74) is -0.234. The molecule has 10 heteroatoms. The first-order valence-electron chi connectivity index (χ1n) is 7.91. The molecule has 1 aliphatic rings. The number of halogens is 1. The number of nitrogens with one attached hydrogen (secondary N) is 1. The molecule has 0 saturated carbocycles. The molecule has 2 aromatic carbocycles. The predicted octanol–water partition coefficient (Wildman–Crippen LogP) is 2.66. The lowest BCUT2D eigenvalue weighted by atomic mass is 10.1. The summed E-state index contributed by atoms with van der Waals surface area (Å²) in [6.07, 6.45) is 2.10. The van der Waals surface area contributed by atoms with E-state index in [1.54, 1.807) is 0 Å². The van der Waals surface area contributed by atoms with Gasteiger partial charge in [0.25, 0.3) is 11.6 Å². The Bertz CT molecular complexity index is 974. The Morgan fingerprint density at radius 2 is 1.96 bits per heavy atom. The molecule has 2 aromatic rings. The van der Waals surface area contributed by atoms with Crippen LogP contribution in [0.25, 0.3) is 6.08 Å². The van der Waals surface area contributed by atoms with Crippen molar-refractivity contribution in [2.45, 2.75) is 0 Å². The monoisotopic (exact) mass is 388 g/mol. The van der Waals surface area contributed by atoms with E-state index in [1.165, 1.54) is 36.4 Å². The smallest absolute Gasteiger partial charge is 0.331 e. The maximum absolute atomic E-state index is 13.4. The van der Waals surface area contributed by atoms with Gasteiger partial charge in [0.05, 0.1) is 22.2 Å². The minimum absolute atomic E-state index is 0.0462. The van der Waals surface area contributed by atoms with Crippen molar-refractivity contribution < 1.29 is 33.1 Å². The van der Waals surface area contributed by atoms with Gasteiger partial charge in [-0.3, -0.25) is 14.9 Å². The highest BCUT2D eigenvalue weighted by molar-refractivity contribution is 5.95. The molecule has 0 aliphatic carbocycles. The number of rotatable bonds is 6. The van der Waals surface area contributed by atoms with Gasteiger partial charge in [-0.1, -0.05) is 12.1 Å². The Kier molecular flexibility index (Phi) is 5.49. The van der Waals surface area contributed by atoms with E-state index in [0.29, 0.717) is 5.75 Å². The fourth-order valence-electron chi connectivity index (χ4n) is 2.33. The zero-order valence-corrected chi connectivity index (χ0v) is 14.2. The van der Waals surface area contributed by atoms with Gasteiger partial charge in [-0.05, 0) is 24.3 Å². The van der Waals surface area contributed by atoms with Gasteiger partial charge in [-0.2, -0.15) is 0 Å². The van der Waals surface area contributed by atoms with Crippen molar-refractivity contribution in [1.82, 2.24) is 0 Å². The van der Waals surface area contributed by atoms with E-state index in [0.717, 1.165) is 12.2 Å². The van der Waals surface area contributed by atoms with Crippen molar-refractivity contribution in [3.05, 3.63) is 64.0 Å². The number of fused-ring (bicyclic) bond motifs is 1. The van der Waals surface area contributed by atoms with Gasteiger partial charge in [0, 0.05) is 6.08 Å². The number of hydrogen-bond acceptors (Lipinski definition) is 7.